The minimum Gasteiger partial charge on any atom is -0.326 e. The third kappa shape index (κ3) is 3.40. The number of nitrogens with zero attached hydrogens (tertiary/aromatic N) is 1. The number of urea groups is 1. The van der Waals surface area contributed by atoms with Gasteiger partial charge in [-0.05, 0) is 12.1 Å². The first kappa shape index (κ1) is 11.8. The number of hydrogen-bond acceptors (Lipinski definition) is 1. The van der Waals surface area contributed by atoms with Crippen molar-refractivity contribution in [1.29, 1.82) is 0 Å². The largest absolute Gasteiger partial charge is 0.326 e. The van der Waals surface area contributed by atoms with Crippen LogP contribution in [0.3, 0.4) is 0 Å². The first-order valence-electron chi connectivity index (χ1n) is 4.47. The van der Waals surface area contributed by atoms with Gasteiger partial charge in [-0.3, -0.25) is 0 Å². The van der Waals surface area contributed by atoms with Gasteiger partial charge in [0, 0.05) is 19.5 Å². The first-order chi connectivity index (χ1) is 7.15. The first-order valence-corrected chi connectivity index (χ1v) is 5.01. The summed E-state index contributed by atoms with van der Waals surface area (Å²) in [6.45, 7) is 0.418. The number of carbonyl (C=O) groups is 1. The highest BCUT2D eigenvalue weighted by atomic mass is 35.5. The predicted octanol–water partition coefficient (Wildman–Crippen LogP) is 2.53. The Morgan fingerprint density at radius 2 is 2.20 bits per heavy atom. The Bertz CT molecular complexity index is 346. The standard InChI is InChI=1S/C10H12ClFN2O/c1-14(7-6-11)10(15)13-9-5-3-2-4-8(9)12/h2-5H,6-7H2,1H3,(H,13,15). The van der Waals surface area contributed by atoms with Crippen molar-refractivity contribution in [1.82, 2.24) is 4.90 Å². The fraction of sp³-hybridized carbons (Fsp3) is 0.300. The lowest BCUT2D eigenvalue weighted by Gasteiger charge is -2.16. The highest BCUT2D eigenvalue weighted by molar-refractivity contribution is 6.18. The molecule has 0 aliphatic heterocycles. The van der Waals surface area contributed by atoms with Gasteiger partial charge in [0.05, 0.1) is 5.69 Å². The van der Waals surface area contributed by atoms with Gasteiger partial charge in [0.15, 0.2) is 0 Å². The number of halogens is 2. The minimum absolute atomic E-state index is 0.170. The van der Waals surface area contributed by atoms with Crippen LogP contribution in [0.5, 0.6) is 0 Å². The van der Waals surface area contributed by atoms with Gasteiger partial charge in [0.25, 0.3) is 0 Å². The molecule has 0 spiro atoms. The number of carbonyl (C=O) groups excluding carboxylic acids is 1. The molecule has 0 aliphatic carbocycles. The van der Waals surface area contributed by atoms with E-state index >= 15 is 0 Å². The molecule has 0 saturated carbocycles. The smallest absolute Gasteiger partial charge is 0.321 e. The molecule has 0 unspecified atom stereocenters. The fourth-order valence-electron chi connectivity index (χ4n) is 1.00. The summed E-state index contributed by atoms with van der Waals surface area (Å²) in [4.78, 5) is 12.8. The Morgan fingerprint density at radius 3 is 2.80 bits per heavy atom. The average molecular weight is 231 g/mol. The molecule has 5 heteroatoms. The molecule has 0 bridgehead atoms. The monoisotopic (exact) mass is 230 g/mol. The van der Waals surface area contributed by atoms with Crippen LogP contribution in [0.25, 0.3) is 0 Å². The van der Waals surface area contributed by atoms with E-state index in [-0.39, 0.29) is 11.7 Å². The SMILES string of the molecule is CN(CCCl)C(=O)Nc1ccccc1F. The van der Waals surface area contributed by atoms with Gasteiger partial charge in [-0.2, -0.15) is 0 Å². The maximum absolute atomic E-state index is 13.1. The molecule has 1 aromatic carbocycles. The number of alkyl halides is 1. The van der Waals surface area contributed by atoms with E-state index in [9.17, 15) is 9.18 Å². The molecular formula is C10H12ClFN2O. The average Bonchev–Trinajstić information content (AvgIpc) is 2.21. The maximum Gasteiger partial charge on any atom is 0.321 e. The zero-order valence-electron chi connectivity index (χ0n) is 8.34. The summed E-state index contributed by atoms with van der Waals surface area (Å²) < 4.78 is 13.1. The van der Waals surface area contributed by atoms with E-state index in [1.807, 2.05) is 0 Å². The Kier molecular flexibility index (Phi) is 4.37. The quantitative estimate of drug-likeness (QED) is 0.796. The third-order valence-corrected chi connectivity index (χ3v) is 2.05. The Hall–Kier alpha value is -1.29. The van der Waals surface area contributed by atoms with E-state index in [1.54, 1.807) is 19.2 Å². The van der Waals surface area contributed by atoms with E-state index in [2.05, 4.69) is 5.32 Å². The summed E-state index contributed by atoms with van der Waals surface area (Å²) in [5.74, 6) is -0.105. The van der Waals surface area contributed by atoms with Gasteiger partial charge < -0.3 is 10.2 Å². The van der Waals surface area contributed by atoms with Crippen molar-refractivity contribution in [3.63, 3.8) is 0 Å². The summed E-state index contributed by atoms with van der Waals surface area (Å²) in [6.07, 6.45) is 0. The molecule has 1 aromatic rings. The highest BCUT2D eigenvalue weighted by Crippen LogP contribution is 2.12. The number of amides is 2. The Labute approximate surface area is 92.8 Å². The number of nitrogens with one attached hydrogen (secondary N) is 1. The molecule has 1 N–H and O–H groups in total. The van der Waals surface area contributed by atoms with Crippen LogP contribution in [0, 0.1) is 5.82 Å². The van der Waals surface area contributed by atoms with Crippen LogP contribution in [0.2, 0.25) is 0 Å². The molecule has 82 valence electrons. The number of benzene rings is 1. The van der Waals surface area contributed by atoms with Crippen molar-refractivity contribution in [3.8, 4) is 0 Å². The Balaban J connectivity index is 2.62. The Morgan fingerprint density at radius 1 is 1.53 bits per heavy atom. The van der Waals surface area contributed by atoms with Crippen LogP contribution < -0.4 is 5.32 Å². The van der Waals surface area contributed by atoms with Crippen molar-refractivity contribution >= 4 is 23.3 Å². The number of para-hydroxylation sites is 1. The van der Waals surface area contributed by atoms with Crippen LogP contribution >= 0.6 is 11.6 Å². The molecule has 0 fully saturated rings. The summed E-state index contributed by atoms with van der Waals surface area (Å²) in [5.41, 5.74) is 0.170. The van der Waals surface area contributed by atoms with Crippen molar-refractivity contribution in [2.24, 2.45) is 0 Å². The maximum atomic E-state index is 13.1. The minimum atomic E-state index is -0.454. The van der Waals surface area contributed by atoms with Crippen LogP contribution in [0.1, 0.15) is 0 Å². The lowest BCUT2D eigenvalue weighted by atomic mass is 10.3. The molecule has 0 aliphatic rings. The van der Waals surface area contributed by atoms with Gasteiger partial charge in [0.1, 0.15) is 5.82 Å². The second-order valence-corrected chi connectivity index (χ2v) is 3.40. The van der Waals surface area contributed by atoms with Crippen LogP contribution in [0.15, 0.2) is 24.3 Å². The summed E-state index contributed by atoms with van der Waals surface area (Å²) in [7, 11) is 1.60. The van der Waals surface area contributed by atoms with Crippen molar-refractivity contribution in [2.45, 2.75) is 0 Å². The number of anilines is 1. The fourth-order valence-corrected chi connectivity index (χ4v) is 1.26. The normalized spacial score (nSPS) is 9.80. The predicted molar refractivity (Wildman–Crippen MR) is 58.8 cm³/mol. The van der Waals surface area contributed by atoms with E-state index in [0.717, 1.165) is 0 Å². The molecule has 0 aromatic heterocycles. The molecular weight excluding hydrogens is 219 g/mol. The molecule has 2 amide bonds. The van der Waals surface area contributed by atoms with Crippen molar-refractivity contribution < 1.29 is 9.18 Å². The summed E-state index contributed by atoms with van der Waals surface area (Å²) in [6, 6.07) is 5.63. The molecule has 3 nitrogen and oxygen atoms in total. The molecule has 15 heavy (non-hydrogen) atoms. The van der Waals surface area contributed by atoms with Crippen LogP contribution in [-0.2, 0) is 0 Å². The van der Waals surface area contributed by atoms with Gasteiger partial charge in [-0.25, -0.2) is 9.18 Å². The second kappa shape index (κ2) is 5.56. The number of rotatable bonds is 3. The molecule has 0 radical (unpaired) electrons. The lowest BCUT2D eigenvalue weighted by Crippen LogP contribution is -2.33. The van der Waals surface area contributed by atoms with Gasteiger partial charge in [-0.15, -0.1) is 11.6 Å². The van der Waals surface area contributed by atoms with Crippen LogP contribution in [0.4, 0.5) is 14.9 Å². The lowest BCUT2D eigenvalue weighted by molar-refractivity contribution is 0.225. The molecule has 0 heterocycles. The van der Waals surface area contributed by atoms with E-state index < -0.39 is 5.82 Å². The van der Waals surface area contributed by atoms with Gasteiger partial charge in [0.2, 0.25) is 0 Å². The van der Waals surface area contributed by atoms with Crippen molar-refractivity contribution in [2.75, 3.05) is 24.8 Å². The van der Waals surface area contributed by atoms with E-state index in [4.69, 9.17) is 11.6 Å². The molecule has 0 atom stereocenters. The van der Waals surface area contributed by atoms with Crippen molar-refractivity contribution in [3.05, 3.63) is 30.1 Å². The van der Waals surface area contributed by atoms with E-state index in [1.165, 1.54) is 17.0 Å². The highest BCUT2D eigenvalue weighted by Gasteiger charge is 2.09. The topological polar surface area (TPSA) is 32.3 Å². The zero-order chi connectivity index (χ0) is 11.3. The van der Waals surface area contributed by atoms with Crippen LogP contribution in [-0.4, -0.2) is 30.4 Å². The molecule has 1 rings (SSSR count). The van der Waals surface area contributed by atoms with Gasteiger partial charge >= 0.3 is 6.03 Å². The molecule has 0 saturated heterocycles. The van der Waals surface area contributed by atoms with E-state index in [0.29, 0.717) is 12.4 Å². The summed E-state index contributed by atoms with van der Waals surface area (Å²) >= 11 is 5.48. The number of hydrogen-bond donors (Lipinski definition) is 1. The third-order valence-electron chi connectivity index (χ3n) is 1.88. The second-order valence-electron chi connectivity index (χ2n) is 3.02. The summed E-state index contributed by atoms with van der Waals surface area (Å²) in [5, 5.41) is 2.45. The van der Waals surface area contributed by atoms with Gasteiger partial charge in [-0.1, -0.05) is 12.1 Å². The zero-order valence-corrected chi connectivity index (χ0v) is 9.09.